The van der Waals surface area contributed by atoms with E-state index in [9.17, 15) is 9.90 Å². The number of halogens is 1. The van der Waals surface area contributed by atoms with E-state index in [1.165, 1.54) is 6.07 Å². The summed E-state index contributed by atoms with van der Waals surface area (Å²) in [5.41, 5.74) is 7.21. The molecule has 0 atom stereocenters. The van der Waals surface area contributed by atoms with Gasteiger partial charge in [0.2, 0.25) is 5.91 Å². The van der Waals surface area contributed by atoms with Crippen molar-refractivity contribution in [3.05, 3.63) is 53.2 Å². The second kappa shape index (κ2) is 4.54. The lowest BCUT2D eigenvalue weighted by Crippen LogP contribution is -2.10. The van der Waals surface area contributed by atoms with Crippen LogP contribution in [0.1, 0.15) is 10.4 Å². The predicted octanol–water partition coefficient (Wildman–Crippen LogP) is 2.48. The molecule has 0 fully saturated rings. The van der Waals surface area contributed by atoms with Crippen LogP contribution < -0.4 is 5.73 Å². The number of carbonyl (C=O) groups excluding carboxylic acids is 1. The molecule has 0 aliphatic heterocycles. The maximum absolute atomic E-state index is 11.2. The Bertz CT molecular complexity index is 826. The molecule has 1 heterocycles. The van der Waals surface area contributed by atoms with E-state index in [4.69, 9.17) is 17.3 Å². The van der Waals surface area contributed by atoms with Crippen molar-refractivity contribution in [2.24, 2.45) is 5.73 Å². The summed E-state index contributed by atoms with van der Waals surface area (Å²) >= 11 is 5.90. The molecule has 0 unspecified atom stereocenters. The van der Waals surface area contributed by atoms with Crippen molar-refractivity contribution in [1.82, 2.24) is 9.78 Å². The van der Waals surface area contributed by atoms with Crippen LogP contribution in [-0.2, 0) is 0 Å². The lowest BCUT2D eigenvalue weighted by atomic mass is 10.1. The number of aromatic nitrogens is 2. The molecule has 0 aliphatic carbocycles. The molecule has 100 valence electrons. The minimum atomic E-state index is -0.479. The number of aromatic hydroxyl groups is 1. The van der Waals surface area contributed by atoms with Gasteiger partial charge >= 0.3 is 0 Å². The number of nitrogens with zero attached hydrogens (tertiary/aromatic N) is 2. The highest BCUT2D eigenvalue weighted by molar-refractivity contribution is 6.32. The highest BCUT2D eigenvalue weighted by Crippen LogP contribution is 2.27. The quantitative estimate of drug-likeness (QED) is 0.760. The zero-order valence-electron chi connectivity index (χ0n) is 10.2. The van der Waals surface area contributed by atoms with E-state index in [-0.39, 0.29) is 10.8 Å². The molecule has 20 heavy (non-hydrogen) atoms. The lowest BCUT2D eigenvalue weighted by Gasteiger charge is -2.05. The third-order valence-electron chi connectivity index (χ3n) is 3.03. The van der Waals surface area contributed by atoms with Crippen LogP contribution in [0.4, 0.5) is 0 Å². The number of phenols is 1. The van der Waals surface area contributed by atoms with Gasteiger partial charge in [-0.05, 0) is 36.4 Å². The van der Waals surface area contributed by atoms with Crippen molar-refractivity contribution in [3.63, 3.8) is 0 Å². The first-order valence-electron chi connectivity index (χ1n) is 5.83. The SMILES string of the molecule is NC(=O)c1ccc2c(cnn2-c2ccc(O)c(Cl)c2)c1. The van der Waals surface area contributed by atoms with Crippen LogP contribution in [0.25, 0.3) is 16.6 Å². The van der Waals surface area contributed by atoms with Gasteiger partial charge in [-0.25, -0.2) is 4.68 Å². The monoisotopic (exact) mass is 287 g/mol. The van der Waals surface area contributed by atoms with Crippen LogP contribution >= 0.6 is 11.6 Å². The van der Waals surface area contributed by atoms with Crippen LogP contribution in [0.3, 0.4) is 0 Å². The second-order valence-corrected chi connectivity index (χ2v) is 4.74. The van der Waals surface area contributed by atoms with Crippen LogP contribution in [0, 0.1) is 0 Å². The van der Waals surface area contributed by atoms with Crippen molar-refractivity contribution in [3.8, 4) is 11.4 Å². The molecule has 5 nitrogen and oxygen atoms in total. The number of carbonyl (C=O) groups is 1. The highest BCUT2D eigenvalue weighted by Gasteiger charge is 2.09. The van der Waals surface area contributed by atoms with Crippen molar-refractivity contribution < 1.29 is 9.90 Å². The van der Waals surface area contributed by atoms with Gasteiger partial charge < -0.3 is 10.8 Å². The topological polar surface area (TPSA) is 81.1 Å². The summed E-state index contributed by atoms with van der Waals surface area (Å²) < 4.78 is 1.67. The van der Waals surface area contributed by atoms with Crippen molar-refractivity contribution in [1.29, 1.82) is 0 Å². The van der Waals surface area contributed by atoms with E-state index in [2.05, 4.69) is 5.10 Å². The van der Waals surface area contributed by atoms with Gasteiger partial charge in [-0.15, -0.1) is 0 Å². The second-order valence-electron chi connectivity index (χ2n) is 4.33. The molecule has 0 radical (unpaired) electrons. The normalized spacial score (nSPS) is 10.8. The molecule has 1 aromatic heterocycles. The fourth-order valence-electron chi connectivity index (χ4n) is 2.02. The van der Waals surface area contributed by atoms with E-state index in [0.717, 1.165) is 16.6 Å². The Hall–Kier alpha value is -2.53. The summed E-state index contributed by atoms with van der Waals surface area (Å²) in [6.07, 6.45) is 1.64. The van der Waals surface area contributed by atoms with Gasteiger partial charge in [-0.2, -0.15) is 5.10 Å². The molecule has 1 amide bonds. The summed E-state index contributed by atoms with van der Waals surface area (Å²) in [5, 5.41) is 14.7. The van der Waals surface area contributed by atoms with Gasteiger partial charge in [0, 0.05) is 10.9 Å². The highest BCUT2D eigenvalue weighted by atomic mass is 35.5. The van der Waals surface area contributed by atoms with Crippen LogP contribution in [-0.4, -0.2) is 20.8 Å². The Morgan fingerprint density at radius 1 is 1.25 bits per heavy atom. The molecule has 3 aromatic rings. The first-order valence-corrected chi connectivity index (χ1v) is 6.20. The van der Waals surface area contributed by atoms with E-state index in [1.54, 1.807) is 41.2 Å². The maximum Gasteiger partial charge on any atom is 0.248 e. The van der Waals surface area contributed by atoms with E-state index in [0.29, 0.717) is 5.56 Å². The number of amides is 1. The summed E-state index contributed by atoms with van der Waals surface area (Å²) in [7, 11) is 0. The van der Waals surface area contributed by atoms with Gasteiger partial charge in [0.05, 0.1) is 22.4 Å². The number of fused-ring (bicyclic) bond motifs is 1. The van der Waals surface area contributed by atoms with Crippen molar-refractivity contribution in [2.45, 2.75) is 0 Å². The van der Waals surface area contributed by atoms with Gasteiger partial charge in [0.25, 0.3) is 0 Å². The average molecular weight is 288 g/mol. The first-order chi connectivity index (χ1) is 9.56. The number of rotatable bonds is 2. The van der Waals surface area contributed by atoms with E-state index < -0.39 is 5.91 Å². The molecule has 0 bridgehead atoms. The number of benzene rings is 2. The molecule has 0 aliphatic rings. The maximum atomic E-state index is 11.2. The molecule has 0 spiro atoms. The number of phenolic OH excluding ortho intramolecular Hbond substituents is 1. The first kappa shape index (κ1) is 12.5. The van der Waals surface area contributed by atoms with E-state index in [1.807, 2.05) is 0 Å². The number of hydrogen-bond donors (Lipinski definition) is 2. The summed E-state index contributed by atoms with van der Waals surface area (Å²) in [6, 6.07) is 9.92. The molecule has 2 aromatic carbocycles. The Labute approximate surface area is 119 Å². The molecular weight excluding hydrogens is 278 g/mol. The Morgan fingerprint density at radius 2 is 2.05 bits per heavy atom. The smallest absolute Gasteiger partial charge is 0.248 e. The number of primary amides is 1. The summed E-state index contributed by atoms with van der Waals surface area (Å²) in [4.78, 5) is 11.2. The minimum absolute atomic E-state index is 0.0166. The lowest BCUT2D eigenvalue weighted by molar-refractivity contribution is 0.100. The predicted molar refractivity (Wildman–Crippen MR) is 76.3 cm³/mol. The molecule has 0 saturated carbocycles. The third-order valence-corrected chi connectivity index (χ3v) is 3.33. The zero-order chi connectivity index (χ0) is 14.3. The van der Waals surface area contributed by atoms with Gasteiger partial charge in [-0.1, -0.05) is 11.6 Å². The van der Waals surface area contributed by atoms with Crippen LogP contribution in [0.5, 0.6) is 5.75 Å². The standard InChI is InChI=1S/C14H10ClN3O2/c15-11-6-10(2-4-13(11)19)18-12-3-1-8(14(16)20)5-9(12)7-17-18/h1-7,19H,(H2,16,20). The van der Waals surface area contributed by atoms with E-state index >= 15 is 0 Å². The molecule has 3 rings (SSSR count). The van der Waals surface area contributed by atoms with Crippen molar-refractivity contribution in [2.75, 3.05) is 0 Å². The van der Waals surface area contributed by atoms with Crippen molar-refractivity contribution >= 4 is 28.4 Å². The summed E-state index contributed by atoms with van der Waals surface area (Å²) in [6.45, 7) is 0. The summed E-state index contributed by atoms with van der Waals surface area (Å²) in [5.74, 6) is -0.463. The minimum Gasteiger partial charge on any atom is -0.506 e. The Kier molecular flexibility index (Phi) is 2.84. The third kappa shape index (κ3) is 1.98. The van der Waals surface area contributed by atoms with Gasteiger partial charge in [-0.3, -0.25) is 4.79 Å². The van der Waals surface area contributed by atoms with Gasteiger partial charge in [0.1, 0.15) is 5.75 Å². The molecule has 6 heteroatoms. The number of hydrogen-bond acceptors (Lipinski definition) is 3. The molecular formula is C14H10ClN3O2. The van der Waals surface area contributed by atoms with Gasteiger partial charge in [0.15, 0.2) is 0 Å². The number of nitrogens with two attached hydrogens (primary N) is 1. The Balaban J connectivity index is 2.17. The van der Waals surface area contributed by atoms with Crippen LogP contribution in [0.2, 0.25) is 5.02 Å². The Morgan fingerprint density at radius 3 is 2.75 bits per heavy atom. The molecule has 3 N–H and O–H groups in total. The fourth-order valence-corrected chi connectivity index (χ4v) is 2.19. The molecule has 0 saturated heterocycles. The van der Waals surface area contributed by atoms with Crippen LogP contribution in [0.15, 0.2) is 42.6 Å². The fraction of sp³-hybridized carbons (Fsp3) is 0. The largest absolute Gasteiger partial charge is 0.506 e. The average Bonchev–Trinajstić information content (AvgIpc) is 2.84. The zero-order valence-corrected chi connectivity index (χ0v) is 11.0.